The molecule has 5 heteroatoms. The van der Waals surface area contributed by atoms with E-state index in [0.717, 1.165) is 24.8 Å². The summed E-state index contributed by atoms with van der Waals surface area (Å²) in [5, 5.41) is 0. The van der Waals surface area contributed by atoms with Crippen LogP contribution in [-0.4, -0.2) is 16.1 Å². The lowest BCUT2D eigenvalue weighted by Crippen LogP contribution is -2.29. The summed E-state index contributed by atoms with van der Waals surface area (Å²) in [4.78, 5) is 8.47. The van der Waals surface area contributed by atoms with Crippen molar-refractivity contribution in [3.05, 3.63) is 11.9 Å². The zero-order valence-electron chi connectivity index (χ0n) is 11.9. The van der Waals surface area contributed by atoms with E-state index in [1.807, 2.05) is 0 Å². The summed E-state index contributed by atoms with van der Waals surface area (Å²) in [5.41, 5.74) is 3.63. The molecule has 106 valence electrons. The molecule has 1 heterocycles. The standard InChI is InChI=1S/C14H24N4O/c1-3-6-11-13(18-15)16-9-17-14(11)19-12-8-5-4-7-10(12)2/h9-10,12H,3-8,15H2,1-2H3,(H,16,17,18). The maximum atomic E-state index is 6.15. The Labute approximate surface area is 114 Å². The highest BCUT2D eigenvalue weighted by Gasteiger charge is 2.24. The van der Waals surface area contributed by atoms with Crippen molar-refractivity contribution in [2.75, 3.05) is 5.43 Å². The summed E-state index contributed by atoms with van der Waals surface area (Å²) < 4.78 is 6.15. The Kier molecular flexibility index (Phi) is 4.96. The van der Waals surface area contributed by atoms with Crippen LogP contribution < -0.4 is 16.0 Å². The highest BCUT2D eigenvalue weighted by atomic mass is 16.5. The minimum absolute atomic E-state index is 0.268. The highest BCUT2D eigenvalue weighted by molar-refractivity contribution is 5.47. The van der Waals surface area contributed by atoms with Crippen LogP contribution >= 0.6 is 0 Å². The molecule has 0 spiro atoms. The number of nitrogens with zero attached hydrogens (tertiary/aromatic N) is 2. The molecule has 1 aromatic heterocycles. The van der Waals surface area contributed by atoms with E-state index in [9.17, 15) is 0 Å². The Bertz CT molecular complexity index is 410. The molecule has 1 aliphatic rings. The number of rotatable bonds is 5. The van der Waals surface area contributed by atoms with Crippen LogP contribution in [0.1, 0.15) is 51.5 Å². The van der Waals surface area contributed by atoms with E-state index in [0.29, 0.717) is 17.6 Å². The lowest BCUT2D eigenvalue weighted by molar-refractivity contribution is 0.0963. The molecule has 0 radical (unpaired) electrons. The molecule has 1 saturated carbocycles. The highest BCUT2D eigenvalue weighted by Crippen LogP contribution is 2.30. The molecule has 2 atom stereocenters. The number of aromatic nitrogens is 2. The summed E-state index contributed by atoms with van der Waals surface area (Å²) >= 11 is 0. The number of ether oxygens (including phenoxy) is 1. The van der Waals surface area contributed by atoms with Crippen molar-refractivity contribution in [3.63, 3.8) is 0 Å². The fraction of sp³-hybridized carbons (Fsp3) is 0.714. The number of anilines is 1. The molecule has 2 rings (SSSR count). The van der Waals surface area contributed by atoms with Crippen molar-refractivity contribution in [2.45, 2.75) is 58.5 Å². The Balaban J connectivity index is 2.18. The van der Waals surface area contributed by atoms with E-state index in [4.69, 9.17) is 10.6 Å². The molecule has 1 fully saturated rings. The van der Waals surface area contributed by atoms with Crippen LogP contribution in [0.25, 0.3) is 0 Å². The van der Waals surface area contributed by atoms with Gasteiger partial charge < -0.3 is 10.2 Å². The summed E-state index contributed by atoms with van der Waals surface area (Å²) in [6.45, 7) is 4.38. The van der Waals surface area contributed by atoms with Crippen LogP contribution in [0.5, 0.6) is 5.88 Å². The first-order valence-electron chi connectivity index (χ1n) is 7.23. The van der Waals surface area contributed by atoms with Gasteiger partial charge in [-0.25, -0.2) is 15.8 Å². The fourth-order valence-electron chi connectivity index (χ4n) is 2.70. The van der Waals surface area contributed by atoms with Crippen molar-refractivity contribution in [2.24, 2.45) is 11.8 Å². The number of hydrazine groups is 1. The first-order chi connectivity index (χ1) is 9.26. The molecular formula is C14H24N4O. The number of nitrogens with one attached hydrogen (secondary N) is 1. The average molecular weight is 264 g/mol. The van der Waals surface area contributed by atoms with Gasteiger partial charge in [0.05, 0.1) is 5.56 Å². The van der Waals surface area contributed by atoms with Gasteiger partial charge in [-0.2, -0.15) is 0 Å². The number of hydrogen-bond acceptors (Lipinski definition) is 5. The molecule has 0 saturated heterocycles. The number of hydrogen-bond donors (Lipinski definition) is 2. The van der Waals surface area contributed by atoms with E-state index in [1.54, 1.807) is 0 Å². The van der Waals surface area contributed by atoms with E-state index in [1.165, 1.54) is 25.6 Å². The predicted octanol–water partition coefficient (Wildman–Crippen LogP) is 2.67. The molecule has 1 aromatic rings. The van der Waals surface area contributed by atoms with Gasteiger partial charge in [0.25, 0.3) is 0 Å². The fourth-order valence-corrected chi connectivity index (χ4v) is 2.70. The van der Waals surface area contributed by atoms with Gasteiger partial charge in [0.2, 0.25) is 5.88 Å². The SMILES string of the molecule is CCCc1c(NN)ncnc1OC1CCCCC1C. The second-order valence-electron chi connectivity index (χ2n) is 5.32. The molecule has 3 N–H and O–H groups in total. The van der Waals surface area contributed by atoms with Gasteiger partial charge in [-0.15, -0.1) is 0 Å². The Morgan fingerprint density at radius 3 is 2.84 bits per heavy atom. The van der Waals surface area contributed by atoms with Gasteiger partial charge in [0.1, 0.15) is 18.2 Å². The minimum Gasteiger partial charge on any atom is -0.474 e. The zero-order valence-corrected chi connectivity index (χ0v) is 11.9. The van der Waals surface area contributed by atoms with Crippen molar-refractivity contribution in [1.82, 2.24) is 9.97 Å². The molecule has 0 amide bonds. The third-order valence-electron chi connectivity index (χ3n) is 3.84. The van der Waals surface area contributed by atoms with E-state index in [-0.39, 0.29) is 6.10 Å². The number of nitrogen functional groups attached to an aromatic ring is 1. The van der Waals surface area contributed by atoms with Crippen molar-refractivity contribution in [3.8, 4) is 5.88 Å². The van der Waals surface area contributed by atoms with Crippen molar-refractivity contribution < 1.29 is 4.74 Å². The first-order valence-corrected chi connectivity index (χ1v) is 7.23. The first kappa shape index (κ1) is 14.1. The van der Waals surface area contributed by atoms with Crippen LogP contribution in [0.15, 0.2) is 6.33 Å². The van der Waals surface area contributed by atoms with E-state index >= 15 is 0 Å². The van der Waals surface area contributed by atoms with Crippen LogP contribution in [0.3, 0.4) is 0 Å². The third kappa shape index (κ3) is 3.35. The smallest absolute Gasteiger partial charge is 0.222 e. The summed E-state index contributed by atoms with van der Waals surface area (Å²) in [6.07, 6.45) is 8.56. The topological polar surface area (TPSA) is 73.1 Å². The average Bonchev–Trinajstić information content (AvgIpc) is 2.43. The summed E-state index contributed by atoms with van der Waals surface area (Å²) in [7, 11) is 0. The van der Waals surface area contributed by atoms with Crippen LogP contribution in [0.2, 0.25) is 0 Å². The van der Waals surface area contributed by atoms with Gasteiger partial charge in [0.15, 0.2) is 0 Å². The monoisotopic (exact) mass is 264 g/mol. The predicted molar refractivity (Wildman–Crippen MR) is 75.9 cm³/mol. The molecule has 5 nitrogen and oxygen atoms in total. The number of nitrogens with two attached hydrogens (primary N) is 1. The van der Waals surface area contributed by atoms with Gasteiger partial charge in [-0.1, -0.05) is 26.7 Å². The Morgan fingerprint density at radius 1 is 1.37 bits per heavy atom. The molecule has 1 aliphatic carbocycles. The van der Waals surface area contributed by atoms with Crippen LogP contribution in [-0.2, 0) is 6.42 Å². The molecule has 0 aliphatic heterocycles. The van der Waals surface area contributed by atoms with Crippen LogP contribution in [0, 0.1) is 5.92 Å². The van der Waals surface area contributed by atoms with Gasteiger partial charge in [-0.05, 0) is 31.6 Å². The zero-order chi connectivity index (χ0) is 13.7. The minimum atomic E-state index is 0.268. The normalized spacial score (nSPS) is 23.1. The Hall–Kier alpha value is -1.36. The largest absolute Gasteiger partial charge is 0.474 e. The molecule has 19 heavy (non-hydrogen) atoms. The molecule has 2 unspecified atom stereocenters. The lowest BCUT2D eigenvalue weighted by Gasteiger charge is -2.29. The maximum absolute atomic E-state index is 6.15. The van der Waals surface area contributed by atoms with Crippen LogP contribution in [0.4, 0.5) is 5.82 Å². The molecule has 0 aromatic carbocycles. The lowest BCUT2D eigenvalue weighted by atomic mass is 9.88. The maximum Gasteiger partial charge on any atom is 0.222 e. The molecule has 0 bridgehead atoms. The second-order valence-corrected chi connectivity index (χ2v) is 5.32. The molecular weight excluding hydrogens is 240 g/mol. The van der Waals surface area contributed by atoms with Gasteiger partial charge in [-0.3, -0.25) is 0 Å². The second kappa shape index (κ2) is 6.70. The third-order valence-corrected chi connectivity index (χ3v) is 3.84. The van der Waals surface area contributed by atoms with Crippen molar-refractivity contribution in [1.29, 1.82) is 0 Å². The van der Waals surface area contributed by atoms with Crippen molar-refractivity contribution >= 4 is 5.82 Å². The van der Waals surface area contributed by atoms with E-state index in [2.05, 4.69) is 29.2 Å². The van der Waals surface area contributed by atoms with E-state index < -0.39 is 0 Å². The summed E-state index contributed by atoms with van der Waals surface area (Å²) in [5.74, 6) is 7.48. The summed E-state index contributed by atoms with van der Waals surface area (Å²) in [6, 6.07) is 0. The Morgan fingerprint density at radius 2 is 2.16 bits per heavy atom. The van der Waals surface area contributed by atoms with Gasteiger partial charge >= 0.3 is 0 Å². The quantitative estimate of drug-likeness (QED) is 0.632. The van der Waals surface area contributed by atoms with Gasteiger partial charge in [0, 0.05) is 0 Å².